The molecule has 1 saturated carbocycles. The highest BCUT2D eigenvalue weighted by Crippen LogP contribution is 2.44. The molecule has 2 aromatic rings. The molecule has 0 unspecified atom stereocenters. The van der Waals surface area contributed by atoms with E-state index in [1.54, 1.807) is 6.33 Å². The summed E-state index contributed by atoms with van der Waals surface area (Å²) in [5, 5.41) is 1.14. The quantitative estimate of drug-likeness (QED) is 0.833. The Labute approximate surface area is 118 Å². The van der Waals surface area contributed by atoms with Crippen molar-refractivity contribution in [1.82, 2.24) is 15.0 Å². The minimum Gasteiger partial charge on any atom is -0.355 e. The first-order chi connectivity index (χ1) is 9.76. The predicted molar refractivity (Wildman–Crippen MR) is 79.6 cm³/mol. The highest BCUT2D eigenvalue weighted by atomic mass is 15.2. The van der Waals surface area contributed by atoms with Gasteiger partial charge >= 0.3 is 0 Å². The Morgan fingerprint density at radius 3 is 2.95 bits per heavy atom. The van der Waals surface area contributed by atoms with Gasteiger partial charge in [0.2, 0.25) is 0 Å². The molecule has 3 heterocycles. The fraction of sp³-hybridized carbons (Fsp3) is 0.600. The molecule has 20 heavy (non-hydrogen) atoms. The molecule has 5 nitrogen and oxygen atoms in total. The second-order valence-electron chi connectivity index (χ2n) is 6.45. The summed E-state index contributed by atoms with van der Waals surface area (Å²) < 4.78 is 0. The Hall–Kier alpha value is -1.62. The third kappa shape index (κ3) is 1.88. The third-order valence-electron chi connectivity index (χ3n) is 5.16. The predicted octanol–water partition coefficient (Wildman–Crippen LogP) is 2.06. The van der Waals surface area contributed by atoms with E-state index in [0.717, 1.165) is 29.9 Å². The summed E-state index contributed by atoms with van der Waals surface area (Å²) in [6.45, 7) is 2.23. The number of nitrogens with two attached hydrogens (primary N) is 1. The van der Waals surface area contributed by atoms with Gasteiger partial charge in [-0.3, -0.25) is 0 Å². The van der Waals surface area contributed by atoms with E-state index in [9.17, 15) is 0 Å². The van der Waals surface area contributed by atoms with Gasteiger partial charge in [-0.25, -0.2) is 9.97 Å². The average Bonchev–Trinajstić information content (AvgIpc) is 3.09. The van der Waals surface area contributed by atoms with Crippen LogP contribution in [0.1, 0.15) is 32.1 Å². The lowest BCUT2D eigenvalue weighted by atomic mass is 9.72. The summed E-state index contributed by atoms with van der Waals surface area (Å²) >= 11 is 0. The van der Waals surface area contributed by atoms with E-state index in [2.05, 4.69) is 25.9 Å². The molecule has 3 N–H and O–H groups in total. The summed E-state index contributed by atoms with van der Waals surface area (Å²) in [6, 6.07) is 2.50. The SMILES string of the molecule is NC1CCC2(CC1)CCN(c1ncnc3[nH]ccc13)C2. The molecule has 1 saturated heterocycles. The number of rotatable bonds is 1. The third-order valence-corrected chi connectivity index (χ3v) is 5.16. The second-order valence-corrected chi connectivity index (χ2v) is 6.45. The van der Waals surface area contributed by atoms with Crippen LogP contribution in [0, 0.1) is 5.41 Å². The number of nitrogens with zero attached hydrogens (tertiary/aromatic N) is 3. The number of nitrogens with one attached hydrogen (secondary N) is 1. The van der Waals surface area contributed by atoms with Crippen LogP contribution in [0.15, 0.2) is 18.6 Å². The maximum Gasteiger partial charge on any atom is 0.142 e. The fourth-order valence-electron chi connectivity index (χ4n) is 3.89. The molecular weight excluding hydrogens is 250 g/mol. The van der Waals surface area contributed by atoms with E-state index in [1.165, 1.54) is 32.1 Å². The van der Waals surface area contributed by atoms with Gasteiger partial charge in [-0.05, 0) is 43.6 Å². The molecule has 0 radical (unpaired) electrons. The molecule has 2 aliphatic rings. The van der Waals surface area contributed by atoms with E-state index in [1.807, 2.05) is 6.20 Å². The first-order valence-electron chi connectivity index (χ1n) is 7.54. The van der Waals surface area contributed by atoms with Crippen LogP contribution in [0.2, 0.25) is 0 Å². The molecule has 2 aromatic heterocycles. The van der Waals surface area contributed by atoms with Crippen LogP contribution in [0.4, 0.5) is 5.82 Å². The monoisotopic (exact) mass is 271 g/mol. The van der Waals surface area contributed by atoms with Crippen molar-refractivity contribution in [1.29, 1.82) is 0 Å². The zero-order valence-electron chi connectivity index (χ0n) is 11.7. The average molecular weight is 271 g/mol. The molecule has 0 bridgehead atoms. The molecule has 5 heteroatoms. The summed E-state index contributed by atoms with van der Waals surface area (Å²) in [5.41, 5.74) is 7.46. The standard InChI is InChI=1S/C15H21N5/c16-11-1-4-15(5-2-11)6-8-20(9-15)14-12-3-7-17-13(12)18-10-19-14/h3,7,10-11H,1-2,4-6,8-9,16H2,(H,17,18,19). The number of H-pyrrole nitrogens is 1. The Balaban J connectivity index is 1.60. The number of anilines is 1. The van der Waals surface area contributed by atoms with Crippen molar-refractivity contribution >= 4 is 16.9 Å². The lowest BCUT2D eigenvalue weighted by Gasteiger charge is -2.36. The smallest absolute Gasteiger partial charge is 0.142 e. The van der Waals surface area contributed by atoms with Gasteiger partial charge in [-0.15, -0.1) is 0 Å². The number of aromatic amines is 1. The topological polar surface area (TPSA) is 70.8 Å². The highest BCUT2D eigenvalue weighted by molar-refractivity contribution is 5.87. The van der Waals surface area contributed by atoms with Crippen molar-refractivity contribution in [3.05, 3.63) is 18.6 Å². The Morgan fingerprint density at radius 1 is 1.25 bits per heavy atom. The van der Waals surface area contributed by atoms with Gasteiger partial charge in [-0.2, -0.15) is 0 Å². The van der Waals surface area contributed by atoms with Gasteiger partial charge in [0, 0.05) is 25.3 Å². The summed E-state index contributed by atoms with van der Waals surface area (Å²) in [5.74, 6) is 1.09. The maximum atomic E-state index is 6.05. The number of hydrogen-bond acceptors (Lipinski definition) is 4. The van der Waals surface area contributed by atoms with Crippen molar-refractivity contribution < 1.29 is 0 Å². The molecule has 106 valence electrons. The molecule has 1 spiro atoms. The number of hydrogen-bond donors (Lipinski definition) is 2. The van der Waals surface area contributed by atoms with Crippen LogP contribution in [0.25, 0.3) is 11.0 Å². The van der Waals surface area contributed by atoms with Crippen molar-refractivity contribution in [2.75, 3.05) is 18.0 Å². The zero-order chi connectivity index (χ0) is 13.6. The molecule has 1 aliphatic heterocycles. The maximum absolute atomic E-state index is 6.05. The van der Waals surface area contributed by atoms with Crippen LogP contribution in [-0.4, -0.2) is 34.1 Å². The highest BCUT2D eigenvalue weighted by Gasteiger charge is 2.41. The van der Waals surface area contributed by atoms with Crippen molar-refractivity contribution in [3.8, 4) is 0 Å². The lowest BCUT2D eigenvalue weighted by molar-refractivity contribution is 0.202. The molecule has 0 aromatic carbocycles. The molecule has 1 aliphatic carbocycles. The fourth-order valence-corrected chi connectivity index (χ4v) is 3.89. The van der Waals surface area contributed by atoms with Gasteiger partial charge in [0.25, 0.3) is 0 Å². The van der Waals surface area contributed by atoms with Crippen LogP contribution in [0.5, 0.6) is 0 Å². The number of aromatic nitrogens is 3. The van der Waals surface area contributed by atoms with Crippen LogP contribution >= 0.6 is 0 Å². The van der Waals surface area contributed by atoms with Gasteiger partial charge in [0.15, 0.2) is 0 Å². The van der Waals surface area contributed by atoms with Gasteiger partial charge in [0.05, 0.1) is 5.39 Å². The lowest BCUT2D eigenvalue weighted by Crippen LogP contribution is -2.36. The van der Waals surface area contributed by atoms with E-state index in [4.69, 9.17) is 5.73 Å². The normalized spacial score (nSPS) is 30.4. The first kappa shape index (κ1) is 12.1. The largest absolute Gasteiger partial charge is 0.355 e. The summed E-state index contributed by atoms with van der Waals surface area (Å²) in [4.78, 5) is 14.4. The molecular formula is C15H21N5. The van der Waals surface area contributed by atoms with E-state index < -0.39 is 0 Å². The Bertz CT molecular complexity index is 612. The van der Waals surface area contributed by atoms with Crippen LogP contribution < -0.4 is 10.6 Å². The van der Waals surface area contributed by atoms with E-state index >= 15 is 0 Å². The minimum absolute atomic E-state index is 0.421. The summed E-state index contributed by atoms with van der Waals surface area (Å²) in [7, 11) is 0. The molecule has 2 fully saturated rings. The Kier molecular flexibility index (Phi) is 2.70. The van der Waals surface area contributed by atoms with Gasteiger partial charge in [0.1, 0.15) is 17.8 Å². The molecule has 0 atom stereocenters. The van der Waals surface area contributed by atoms with Gasteiger partial charge < -0.3 is 15.6 Å². The van der Waals surface area contributed by atoms with E-state index in [-0.39, 0.29) is 0 Å². The van der Waals surface area contributed by atoms with Crippen molar-refractivity contribution in [2.45, 2.75) is 38.1 Å². The first-order valence-corrected chi connectivity index (χ1v) is 7.54. The number of fused-ring (bicyclic) bond motifs is 1. The van der Waals surface area contributed by atoms with Crippen molar-refractivity contribution in [2.24, 2.45) is 11.1 Å². The van der Waals surface area contributed by atoms with Crippen LogP contribution in [0.3, 0.4) is 0 Å². The Morgan fingerprint density at radius 2 is 2.10 bits per heavy atom. The van der Waals surface area contributed by atoms with Crippen LogP contribution in [-0.2, 0) is 0 Å². The summed E-state index contributed by atoms with van der Waals surface area (Å²) in [6.07, 6.45) is 9.77. The zero-order valence-corrected chi connectivity index (χ0v) is 11.7. The van der Waals surface area contributed by atoms with Gasteiger partial charge in [-0.1, -0.05) is 0 Å². The van der Waals surface area contributed by atoms with E-state index in [0.29, 0.717) is 11.5 Å². The minimum atomic E-state index is 0.421. The second kappa shape index (κ2) is 4.45. The molecule has 0 amide bonds. The molecule has 4 rings (SSSR count). The van der Waals surface area contributed by atoms with Crippen molar-refractivity contribution in [3.63, 3.8) is 0 Å².